The number of carboxylic acid groups (broad SMARTS) is 2. The van der Waals surface area contributed by atoms with Crippen LogP contribution in [-0.2, 0) is 16.1 Å². The summed E-state index contributed by atoms with van der Waals surface area (Å²) in [6, 6.07) is 8.31. The fourth-order valence-corrected chi connectivity index (χ4v) is 4.84. The van der Waals surface area contributed by atoms with Crippen molar-refractivity contribution in [1.29, 1.82) is 0 Å². The van der Waals surface area contributed by atoms with Crippen molar-refractivity contribution in [2.24, 2.45) is 5.41 Å². The zero-order valence-corrected chi connectivity index (χ0v) is 20.3. The number of nitrogens with zero attached hydrogens (tertiary/aromatic N) is 2. The van der Waals surface area contributed by atoms with Crippen molar-refractivity contribution in [1.82, 2.24) is 9.80 Å². The van der Waals surface area contributed by atoms with E-state index in [9.17, 15) is 10.2 Å². The summed E-state index contributed by atoms with van der Waals surface area (Å²) in [6.45, 7) is 8.18. The number of hydrogen-bond donors (Lipinski definition) is 4. The number of carbonyl (C=O) groups is 2. The Morgan fingerprint density at radius 1 is 1.06 bits per heavy atom. The van der Waals surface area contributed by atoms with E-state index in [1.54, 1.807) is 0 Å². The van der Waals surface area contributed by atoms with E-state index in [1.165, 1.54) is 37.9 Å². The maximum absolute atomic E-state index is 10.5. The van der Waals surface area contributed by atoms with Crippen LogP contribution in [0.2, 0.25) is 0 Å². The highest BCUT2D eigenvalue weighted by Gasteiger charge is 2.41. The summed E-state index contributed by atoms with van der Waals surface area (Å²) in [5, 5.41) is 34.3. The average Bonchev–Trinajstić information content (AvgIpc) is 2.84. The molecule has 2 fully saturated rings. The Bertz CT molecular complexity index is 679. The summed E-state index contributed by atoms with van der Waals surface area (Å²) >= 11 is 0. The third-order valence-electron chi connectivity index (χ3n) is 6.51. The second-order valence-corrected chi connectivity index (χ2v) is 8.85. The largest absolute Gasteiger partial charge is 0.492 e. The molecule has 0 unspecified atom stereocenters. The lowest BCUT2D eigenvalue weighted by molar-refractivity contribution is -0.123. The summed E-state index contributed by atoms with van der Waals surface area (Å²) in [5.41, 5.74) is 0.803. The summed E-state index contributed by atoms with van der Waals surface area (Å²) < 4.78 is 6.16. The Morgan fingerprint density at radius 3 is 2.32 bits per heavy atom. The molecule has 0 spiro atoms. The minimum absolute atomic E-state index is 0.0481. The molecule has 9 heteroatoms. The summed E-state index contributed by atoms with van der Waals surface area (Å²) in [6.07, 6.45) is 6.11. The van der Waals surface area contributed by atoms with Crippen LogP contribution in [0.3, 0.4) is 0 Å². The number of piperidine rings is 2. The molecule has 0 radical (unpaired) electrons. The molecule has 1 aromatic carbocycles. The zero-order chi connectivity index (χ0) is 25.2. The maximum Gasteiger partial charge on any atom is 0.290 e. The van der Waals surface area contributed by atoms with Gasteiger partial charge in [0.15, 0.2) is 0 Å². The van der Waals surface area contributed by atoms with E-state index >= 15 is 0 Å². The second-order valence-electron chi connectivity index (χ2n) is 8.85. The number of aliphatic hydroxyl groups excluding tert-OH is 2. The van der Waals surface area contributed by atoms with Crippen molar-refractivity contribution < 1.29 is 34.8 Å². The number of ether oxygens (including phenoxy) is 1. The van der Waals surface area contributed by atoms with Gasteiger partial charge in [0.05, 0.1) is 12.7 Å². The Labute approximate surface area is 202 Å². The van der Waals surface area contributed by atoms with Gasteiger partial charge in [0.2, 0.25) is 0 Å². The van der Waals surface area contributed by atoms with E-state index in [4.69, 9.17) is 24.5 Å². The topological polar surface area (TPSA) is 131 Å². The normalized spacial score (nSPS) is 23.0. The van der Waals surface area contributed by atoms with Crippen LogP contribution in [0, 0.1) is 5.41 Å². The van der Waals surface area contributed by atoms with Crippen molar-refractivity contribution in [3.63, 3.8) is 0 Å². The van der Waals surface area contributed by atoms with Gasteiger partial charge in [-0.1, -0.05) is 38.0 Å². The van der Waals surface area contributed by atoms with Crippen LogP contribution in [0.25, 0.3) is 0 Å². The average molecular weight is 483 g/mol. The molecule has 2 aliphatic rings. The highest BCUT2D eigenvalue weighted by Crippen LogP contribution is 2.35. The smallest absolute Gasteiger partial charge is 0.290 e. The molecule has 4 N–H and O–H groups in total. The third-order valence-corrected chi connectivity index (χ3v) is 6.51. The van der Waals surface area contributed by atoms with Crippen molar-refractivity contribution in [3.05, 3.63) is 29.8 Å². The van der Waals surface area contributed by atoms with Gasteiger partial charge in [-0.3, -0.25) is 19.4 Å². The standard InChI is InChI=1S/C23H38N2O3.2CH2O2/c1-2-11-23(19-26)18-25(14-10-22(23)27)17-20-8-4-5-9-21(20)28-16-15-24-12-6-3-7-13-24;2*2-1-3/h4-5,8-9,22,26-27H,2-3,6-7,10-19H2,1H3;2*1H,(H,2,3)/t22-,23+;;/m1../s1. The molecule has 9 nitrogen and oxygen atoms in total. The molecule has 0 aliphatic carbocycles. The molecule has 1 aromatic rings. The number of likely N-dealkylation sites (tertiary alicyclic amines) is 2. The quantitative estimate of drug-likeness (QED) is 0.392. The lowest BCUT2D eigenvalue weighted by Gasteiger charge is -2.45. The van der Waals surface area contributed by atoms with Gasteiger partial charge in [-0.15, -0.1) is 0 Å². The van der Waals surface area contributed by atoms with Crippen LogP contribution in [0.5, 0.6) is 5.75 Å². The van der Waals surface area contributed by atoms with Gasteiger partial charge >= 0.3 is 0 Å². The Hall–Kier alpha value is -2.20. The molecular weight excluding hydrogens is 440 g/mol. The minimum atomic E-state index is -0.412. The number of benzene rings is 1. The molecule has 0 amide bonds. The molecule has 34 heavy (non-hydrogen) atoms. The monoisotopic (exact) mass is 482 g/mol. The van der Waals surface area contributed by atoms with Crippen molar-refractivity contribution in [3.8, 4) is 5.75 Å². The SMILES string of the molecule is CCC[C@@]1(CO)CN(Cc2ccccc2OCCN2CCCCC2)CC[C@H]1O.O=CO.O=CO. The number of para-hydroxylation sites is 1. The van der Waals surface area contributed by atoms with Gasteiger partial charge in [0, 0.05) is 37.2 Å². The summed E-state index contributed by atoms with van der Waals surface area (Å²) in [5.74, 6) is 0.968. The van der Waals surface area contributed by atoms with Gasteiger partial charge < -0.3 is 25.2 Å². The first kappa shape index (κ1) is 29.8. The first-order valence-corrected chi connectivity index (χ1v) is 12.1. The highest BCUT2D eigenvalue weighted by molar-refractivity contribution is 5.33. The van der Waals surface area contributed by atoms with Crippen LogP contribution in [-0.4, -0.2) is 95.2 Å². The third kappa shape index (κ3) is 9.97. The maximum atomic E-state index is 10.5. The molecule has 0 aromatic heterocycles. The molecule has 194 valence electrons. The van der Waals surface area contributed by atoms with Gasteiger partial charge in [0.25, 0.3) is 12.9 Å². The van der Waals surface area contributed by atoms with Crippen LogP contribution in [0.4, 0.5) is 0 Å². The van der Waals surface area contributed by atoms with Crippen molar-refractivity contribution in [2.75, 3.05) is 45.9 Å². The number of rotatable bonds is 9. The molecule has 2 aliphatic heterocycles. The second kappa shape index (κ2) is 17.3. The van der Waals surface area contributed by atoms with E-state index < -0.39 is 11.5 Å². The van der Waals surface area contributed by atoms with E-state index in [0.29, 0.717) is 0 Å². The van der Waals surface area contributed by atoms with Gasteiger partial charge in [-0.25, -0.2) is 0 Å². The molecule has 2 heterocycles. The van der Waals surface area contributed by atoms with Crippen LogP contribution in [0.1, 0.15) is 51.0 Å². The lowest BCUT2D eigenvalue weighted by atomic mass is 9.74. The molecule has 2 saturated heterocycles. The number of hydrogen-bond acceptors (Lipinski definition) is 7. The van der Waals surface area contributed by atoms with Crippen LogP contribution >= 0.6 is 0 Å². The highest BCUT2D eigenvalue weighted by atomic mass is 16.5. The fraction of sp³-hybridized carbons (Fsp3) is 0.680. The van der Waals surface area contributed by atoms with E-state index in [-0.39, 0.29) is 19.6 Å². The molecule has 2 atom stereocenters. The Morgan fingerprint density at radius 2 is 1.71 bits per heavy atom. The van der Waals surface area contributed by atoms with Crippen molar-refractivity contribution >= 4 is 12.9 Å². The number of aliphatic hydroxyl groups is 2. The van der Waals surface area contributed by atoms with E-state index in [0.717, 1.165) is 57.8 Å². The van der Waals surface area contributed by atoms with Gasteiger partial charge in [0.1, 0.15) is 12.4 Å². The zero-order valence-electron chi connectivity index (χ0n) is 20.3. The first-order chi connectivity index (χ1) is 16.5. The van der Waals surface area contributed by atoms with Crippen molar-refractivity contribution in [2.45, 2.75) is 58.1 Å². The fourth-order valence-electron chi connectivity index (χ4n) is 4.84. The predicted octanol–water partition coefficient (Wildman–Crippen LogP) is 2.30. The van der Waals surface area contributed by atoms with Crippen LogP contribution < -0.4 is 4.74 Å². The van der Waals surface area contributed by atoms with Gasteiger partial charge in [-0.2, -0.15) is 0 Å². The molecule has 0 saturated carbocycles. The van der Waals surface area contributed by atoms with E-state index in [1.807, 2.05) is 6.07 Å². The predicted molar refractivity (Wildman–Crippen MR) is 130 cm³/mol. The molecule has 3 rings (SSSR count). The summed E-state index contributed by atoms with van der Waals surface area (Å²) in [4.78, 5) is 21.6. The van der Waals surface area contributed by atoms with Gasteiger partial charge in [-0.05, 0) is 44.8 Å². The van der Waals surface area contributed by atoms with E-state index in [2.05, 4.69) is 34.9 Å². The Balaban J connectivity index is 0.000000872. The molecular formula is C25H42N2O7. The van der Waals surface area contributed by atoms with Crippen LogP contribution in [0.15, 0.2) is 24.3 Å². The Kier molecular flexibility index (Phi) is 15.1. The molecule has 0 bridgehead atoms. The first-order valence-electron chi connectivity index (χ1n) is 12.1. The lowest BCUT2D eigenvalue weighted by Crippen LogP contribution is -2.53. The minimum Gasteiger partial charge on any atom is -0.492 e. The summed E-state index contributed by atoms with van der Waals surface area (Å²) in [7, 11) is 0.